The Morgan fingerprint density at radius 2 is 1.43 bits per heavy atom. The molecule has 0 aliphatic carbocycles. The van der Waals surface area contributed by atoms with E-state index in [-0.39, 0.29) is 17.7 Å². The van der Waals surface area contributed by atoms with Crippen LogP contribution in [0, 0.1) is 11.6 Å². The van der Waals surface area contributed by atoms with Crippen molar-refractivity contribution in [3.8, 4) is 0 Å². The molecule has 0 unspecified atom stereocenters. The van der Waals surface area contributed by atoms with Crippen LogP contribution in [0.5, 0.6) is 0 Å². The molecule has 14 heteroatoms. The Hall–Kier alpha value is -3.32. The molecule has 0 bridgehead atoms. The van der Waals surface area contributed by atoms with Crippen LogP contribution in [-0.2, 0) is 9.63 Å². The molecule has 2 aromatic rings. The van der Waals surface area contributed by atoms with Crippen LogP contribution in [0.4, 0.5) is 8.78 Å². The van der Waals surface area contributed by atoms with Crippen LogP contribution >= 0.6 is 0 Å². The number of nitrogens with zero attached hydrogens (tertiary/aromatic N) is 1. The second-order valence-electron chi connectivity index (χ2n) is 8.06. The first-order chi connectivity index (χ1) is 16.3. The maximum atomic E-state index is 13.8. The second kappa shape index (κ2) is 11.4. The van der Waals surface area contributed by atoms with E-state index < -0.39 is 60.1 Å². The third kappa shape index (κ3) is 6.42. The Labute approximate surface area is 200 Å². The van der Waals surface area contributed by atoms with Crippen molar-refractivity contribution < 1.29 is 48.1 Å². The highest BCUT2D eigenvalue weighted by Gasteiger charge is 2.40. The van der Waals surface area contributed by atoms with Crippen molar-refractivity contribution in [2.75, 3.05) is 6.54 Å². The number of benzene rings is 2. The van der Waals surface area contributed by atoms with Crippen LogP contribution < -0.4 is 16.4 Å². The number of hydrogen-bond acceptors (Lipinski definition) is 8. The number of carbonyl (C=O) groups is 3. The summed E-state index contributed by atoms with van der Waals surface area (Å²) in [6.07, 6.45) is 0.410. The second-order valence-corrected chi connectivity index (χ2v) is 8.06. The van der Waals surface area contributed by atoms with Gasteiger partial charge in [-0.15, -0.1) is 0 Å². The smallest absolute Gasteiger partial charge is 0.423 e. The number of halogens is 2. The van der Waals surface area contributed by atoms with Crippen molar-refractivity contribution in [2.45, 2.75) is 32.7 Å². The summed E-state index contributed by atoms with van der Waals surface area (Å²) in [6, 6.07) is 5.69. The van der Waals surface area contributed by atoms with Crippen LogP contribution in [0.3, 0.4) is 0 Å². The average molecular weight is 492 g/mol. The minimum absolute atomic E-state index is 0.0545. The summed E-state index contributed by atoms with van der Waals surface area (Å²) in [5.41, 5.74) is -1.21. The third-order valence-electron chi connectivity index (χ3n) is 5.16. The Balaban J connectivity index is 2.22. The number of nitrogens with one attached hydrogen (secondary N) is 1. The highest BCUT2D eigenvalue weighted by molar-refractivity contribution is 6.59. The highest BCUT2D eigenvalue weighted by Crippen LogP contribution is 2.20. The molecule has 0 heterocycles. The van der Waals surface area contributed by atoms with Gasteiger partial charge in [-0.1, -0.05) is 6.92 Å². The largest absolute Gasteiger partial charge is 0.491 e. The highest BCUT2D eigenvalue weighted by atomic mass is 19.1. The molecule has 5 N–H and O–H groups in total. The molecule has 0 aliphatic rings. The van der Waals surface area contributed by atoms with Gasteiger partial charge in [0.05, 0.1) is 0 Å². The minimum Gasteiger partial charge on any atom is -0.423 e. The van der Waals surface area contributed by atoms with Gasteiger partial charge in [0.25, 0.3) is 11.8 Å². The monoisotopic (exact) mass is 492 g/mol. The van der Waals surface area contributed by atoms with Gasteiger partial charge < -0.3 is 29.8 Å². The lowest BCUT2D eigenvalue weighted by Crippen LogP contribution is -2.55. The standard InChI is InChI=1S/C21H24B2F2N2O8/c1-4-9-27(19(29)13-6-8-17(25)15(11-13)23(33)34)21(2,3)20(30)35-26-18(28)12-5-7-16(24)14(10-12)22(31)32/h5-8,10-11,31-34H,4,9H2,1-3H3,(H,26,28). The molecule has 0 spiro atoms. The zero-order valence-electron chi connectivity index (χ0n) is 19.2. The molecule has 0 atom stereocenters. The lowest BCUT2D eigenvalue weighted by Gasteiger charge is -2.36. The van der Waals surface area contributed by atoms with Crippen molar-refractivity contribution in [1.82, 2.24) is 10.4 Å². The summed E-state index contributed by atoms with van der Waals surface area (Å²) in [6.45, 7) is 4.48. The molecule has 0 saturated heterocycles. The van der Waals surface area contributed by atoms with E-state index in [9.17, 15) is 33.2 Å². The summed E-state index contributed by atoms with van der Waals surface area (Å²) >= 11 is 0. The molecule has 10 nitrogen and oxygen atoms in total. The van der Waals surface area contributed by atoms with E-state index in [0.717, 1.165) is 41.3 Å². The number of rotatable bonds is 8. The molecule has 0 aromatic heterocycles. The summed E-state index contributed by atoms with van der Waals surface area (Å²) in [7, 11) is -4.33. The normalized spacial score (nSPS) is 11.0. The molecule has 0 radical (unpaired) electrons. The molecule has 2 amide bonds. The van der Waals surface area contributed by atoms with Gasteiger partial charge in [0.1, 0.15) is 17.2 Å². The summed E-state index contributed by atoms with van der Waals surface area (Å²) in [4.78, 5) is 44.2. The predicted octanol–water partition coefficient (Wildman–Crippen LogP) is -1.16. The van der Waals surface area contributed by atoms with E-state index in [1.165, 1.54) is 13.8 Å². The quantitative estimate of drug-likeness (QED) is 0.229. The fourth-order valence-electron chi connectivity index (χ4n) is 3.16. The first-order valence-corrected chi connectivity index (χ1v) is 10.5. The fourth-order valence-corrected chi connectivity index (χ4v) is 3.16. The molecular formula is C21H24B2F2N2O8. The van der Waals surface area contributed by atoms with Gasteiger partial charge in [-0.2, -0.15) is 5.48 Å². The molecule has 0 aliphatic heterocycles. The molecule has 2 rings (SSSR count). The van der Waals surface area contributed by atoms with Crippen LogP contribution in [-0.4, -0.2) is 69.1 Å². The Bertz CT molecular complexity index is 1110. The number of hydrogen-bond donors (Lipinski definition) is 5. The van der Waals surface area contributed by atoms with Crippen molar-refractivity contribution in [2.24, 2.45) is 0 Å². The first kappa shape index (κ1) is 27.9. The molecular weight excluding hydrogens is 468 g/mol. The Kier molecular flexibility index (Phi) is 9.10. The van der Waals surface area contributed by atoms with Gasteiger partial charge in [-0.3, -0.25) is 9.59 Å². The van der Waals surface area contributed by atoms with E-state index in [1.54, 1.807) is 6.92 Å². The zero-order chi connectivity index (χ0) is 26.5. The van der Waals surface area contributed by atoms with Crippen molar-refractivity contribution >= 4 is 42.9 Å². The maximum absolute atomic E-state index is 13.8. The van der Waals surface area contributed by atoms with Gasteiger partial charge in [-0.05, 0) is 56.7 Å². The molecule has 0 fully saturated rings. The molecule has 35 heavy (non-hydrogen) atoms. The first-order valence-electron chi connectivity index (χ1n) is 10.5. The number of hydroxylamine groups is 1. The van der Waals surface area contributed by atoms with Crippen LogP contribution in [0.25, 0.3) is 0 Å². The van der Waals surface area contributed by atoms with Gasteiger partial charge in [0.15, 0.2) is 0 Å². The maximum Gasteiger partial charge on any atom is 0.491 e. The summed E-state index contributed by atoms with van der Waals surface area (Å²) in [5, 5.41) is 37.0. The van der Waals surface area contributed by atoms with Gasteiger partial charge >= 0.3 is 20.2 Å². The average Bonchev–Trinajstić information content (AvgIpc) is 2.80. The van der Waals surface area contributed by atoms with E-state index in [0.29, 0.717) is 6.42 Å². The predicted molar refractivity (Wildman–Crippen MR) is 121 cm³/mol. The summed E-state index contributed by atoms with van der Waals surface area (Å²) in [5.74, 6) is -4.67. The van der Waals surface area contributed by atoms with Crippen molar-refractivity contribution in [3.05, 3.63) is 59.2 Å². The van der Waals surface area contributed by atoms with Crippen molar-refractivity contribution in [3.63, 3.8) is 0 Å². The van der Waals surface area contributed by atoms with Gasteiger partial charge in [0.2, 0.25) is 0 Å². The van der Waals surface area contributed by atoms with Gasteiger partial charge in [-0.25, -0.2) is 13.6 Å². The van der Waals surface area contributed by atoms with Crippen molar-refractivity contribution in [1.29, 1.82) is 0 Å². The third-order valence-corrected chi connectivity index (χ3v) is 5.16. The minimum atomic E-state index is -2.17. The number of carbonyl (C=O) groups excluding carboxylic acids is 3. The Morgan fingerprint density at radius 1 is 0.943 bits per heavy atom. The molecule has 0 saturated carbocycles. The molecule has 186 valence electrons. The number of amides is 2. The van der Waals surface area contributed by atoms with Crippen LogP contribution in [0.2, 0.25) is 0 Å². The van der Waals surface area contributed by atoms with E-state index in [1.807, 2.05) is 5.48 Å². The SMILES string of the molecule is CCCN(C(=O)c1ccc(F)c(B(O)O)c1)C(C)(C)C(=O)ONC(=O)c1ccc(F)c(B(O)O)c1. The van der Waals surface area contributed by atoms with Crippen LogP contribution in [0.15, 0.2) is 36.4 Å². The van der Waals surface area contributed by atoms with Gasteiger partial charge in [0, 0.05) is 28.6 Å². The van der Waals surface area contributed by atoms with E-state index in [2.05, 4.69) is 0 Å². The van der Waals surface area contributed by atoms with E-state index >= 15 is 0 Å². The van der Waals surface area contributed by atoms with E-state index in [4.69, 9.17) is 14.9 Å². The summed E-state index contributed by atoms with van der Waals surface area (Å²) < 4.78 is 27.4. The lowest BCUT2D eigenvalue weighted by molar-refractivity contribution is -0.160. The zero-order valence-corrected chi connectivity index (χ0v) is 19.2. The fraction of sp³-hybridized carbons (Fsp3) is 0.286. The molecule has 2 aromatic carbocycles. The topological polar surface area (TPSA) is 157 Å². The Morgan fingerprint density at radius 3 is 1.91 bits per heavy atom. The van der Waals surface area contributed by atoms with Crippen LogP contribution in [0.1, 0.15) is 47.9 Å². The lowest BCUT2D eigenvalue weighted by atomic mass is 9.79.